The number of carbonyl (C=O) groups is 1. The van der Waals surface area contributed by atoms with Crippen LogP contribution in [-0.4, -0.2) is 5.91 Å². The van der Waals surface area contributed by atoms with Gasteiger partial charge in [0.2, 0.25) is 5.91 Å². The predicted octanol–water partition coefficient (Wildman–Crippen LogP) is 4.60. The van der Waals surface area contributed by atoms with E-state index < -0.39 is 5.63 Å². The Labute approximate surface area is 167 Å². The Bertz CT molecular complexity index is 1250. The SMILES string of the molecule is Cc1c(CC(=O)NCc2ccco2)c(=O)oc2cc3occ(C(C)(C)C)c3cc12. The monoisotopic (exact) mass is 393 g/mol. The van der Waals surface area contributed by atoms with E-state index in [-0.39, 0.29) is 24.3 Å². The lowest BCUT2D eigenvalue weighted by molar-refractivity contribution is -0.120. The molecule has 150 valence electrons. The lowest BCUT2D eigenvalue weighted by atomic mass is 9.86. The maximum atomic E-state index is 12.5. The summed E-state index contributed by atoms with van der Waals surface area (Å²) in [4.78, 5) is 24.9. The average molecular weight is 393 g/mol. The first kappa shape index (κ1) is 19.1. The Morgan fingerprint density at radius 2 is 1.90 bits per heavy atom. The molecule has 1 aromatic carbocycles. The van der Waals surface area contributed by atoms with Gasteiger partial charge in [-0.25, -0.2) is 4.79 Å². The van der Waals surface area contributed by atoms with E-state index in [0.717, 1.165) is 21.9 Å². The van der Waals surface area contributed by atoms with Crippen molar-refractivity contribution >= 4 is 27.8 Å². The van der Waals surface area contributed by atoms with E-state index in [1.54, 1.807) is 30.7 Å². The molecule has 29 heavy (non-hydrogen) atoms. The molecule has 4 aromatic rings. The summed E-state index contributed by atoms with van der Waals surface area (Å²) in [6, 6.07) is 7.26. The van der Waals surface area contributed by atoms with Crippen molar-refractivity contribution in [3.8, 4) is 0 Å². The van der Waals surface area contributed by atoms with Crippen molar-refractivity contribution in [2.45, 2.75) is 46.1 Å². The Hall–Kier alpha value is -3.28. The van der Waals surface area contributed by atoms with Crippen LogP contribution in [0.2, 0.25) is 0 Å². The maximum Gasteiger partial charge on any atom is 0.340 e. The molecule has 0 spiro atoms. The highest BCUT2D eigenvalue weighted by Gasteiger charge is 2.22. The van der Waals surface area contributed by atoms with Crippen LogP contribution in [0.1, 0.15) is 43.2 Å². The largest absolute Gasteiger partial charge is 0.467 e. The van der Waals surface area contributed by atoms with Crippen molar-refractivity contribution in [3.05, 3.63) is 69.7 Å². The molecule has 0 aliphatic heterocycles. The molecule has 4 rings (SSSR count). The Morgan fingerprint density at radius 3 is 2.59 bits per heavy atom. The van der Waals surface area contributed by atoms with Crippen LogP contribution in [0.5, 0.6) is 0 Å². The van der Waals surface area contributed by atoms with Gasteiger partial charge in [-0.3, -0.25) is 4.79 Å². The van der Waals surface area contributed by atoms with Crippen LogP contribution in [-0.2, 0) is 23.2 Å². The first-order valence-electron chi connectivity index (χ1n) is 9.51. The van der Waals surface area contributed by atoms with Crippen molar-refractivity contribution < 1.29 is 18.0 Å². The zero-order valence-electron chi connectivity index (χ0n) is 16.9. The predicted molar refractivity (Wildman–Crippen MR) is 110 cm³/mol. The molecule has 6 heteroatoms. The summed E-state index contributed by atoms with van der Waals surface area (Å²) in [6.45, 7) is 8.47. The van der Waals surface area contributed by atoms with E-state index in [0.29, 0.717) is 22.5 Å². The summed E-state index contributed by atoms with van der Waals surface area (Å²) in [5.41, 5.74) is 2.71. The summed E-state index contributed by atoms with van der Waals surface area (Å²) >= 11 is 0. The van der Waals surface area contributed by atoms with Gasteiger partial charge in [0.1, 0.15) is 16.9 Å². The van der Waals surface area contributed by atoms with E-state index in [4.69, 9.17) is 13.3 Å². The van der Waals surface area contributed by atoms with E-state index in [1.165, 1.54) is 0 Å². The highest BCUT2D eigenvalue weighted by Crippen LogP contribution is 2.35. The van der Waals surface area contributed by atoms with Crippen LogP contribution in [0.25, 0.3) is 21.9 Å². The molecule has 0 bridgehead atoms. The third-order valence-corrected chi connectivity index (χ3v) is 5.17. The molecule has 0 saturated carbocycles. The van der Waals surface area contributed by atoms with E-state index >= 15 is 0 Å². The van der Waals surface area contributed by atoms with E-state index in [2.05, 4.69) is 26.1 Å². The average Bonchev–Trinajstić information content (AvgIpc) is 3.31. The number of rotatable bonds is 4. The molecule has 0 radical (unpaired) electrons. The number of fused-ring (bicyclic) bond motifs is 2. The number of benzene rings is 1. The lowest BCUT2D eigenvalue weighted by Crippen LogP contribution is -2.27. The van der Waals surface area contributed by atoms with Gasteiger partial charge in [-0.1, -0.05) is 20.8 Å². The van der Waals surface area contributed by atoms with Gasteiger partial charge < -0.3 is 18.6 Å². The van der Waals surface area contributed by atoms with Gasteiger partial charge in [0.25, 0.3) is 0 Å². The van der Waals surface area contributed by atoms with Crippen LogP contribution in [0.15, 0.2) is 54.8 Å². The van der Waals surface area contributed by atoms with E-state index in [1.807, 2.05) is 13.0 Å². The quantitative estimate of drug-likeness (QED) is 0.512. The smallest absolute Gasteiger partial charge is 0.340 e. The highest BCUT2D eigenvalue weighted by molar-refractivity contribution is 5.97. The second-order valence-corrected chi connectivity index (χ2v) is 8.27. The molecule has 1 N–H and O–H groups in total. The fourth-order valence-electron chi connectivity index (χ4n) is 3.52. The van der Waals surface area contributed by atoms with Crippen LogP contribution in [0, 0.1) is 6.92 Å². The number of furan rings is 2. The minimum absolute atomic E-state index is 0.0552. The number of hydrogen-bond acceptors (Lipinski definition) is 5. The molecule has 0 saturated heterocycles. The number of carbonyl (C=O) groups excluding carboxylic acids is 1. The summed E-state index contributed by atoms with van der Waals surface area (Å²) < 4.78 is 16.4. The second kappa shape index (κ2) is 6.95. The van der Waals surface area contributed by atoms with Crippen LogP contribution >= 0.6 is 0 Å². The summed E-state index contributed by atoms with van der Waals surface area (Å²) in [7, 11) is 0. The maximum absolute atomic E-state index is 12.5. The topological polar surface area (TPSA) is 85.6 Å². The first-order valence-corrected chi connectivity index (χ1v) is 9.51. The Balaban J connectivity index is 1.71. The van der Waals surface area contributed by atoms with Crippen molar-refractivity contribution in [1.29, 1.82) is 0 Å². The molecule has 0 fully saturated rings. The molecule has 1 amide bonds. The highest BCUT2D eigenvalue weighted by atomic mass is 16.4. The zero-order valence-corrected chi connectivity index (χ0v) is 16.9. The van der Waals surface area contributed by atoms with Crippen molar-refractivity contribution in [3.63, 3.8) is 0 Å². The minimum Gasteiger partial charge on any atom is -0.467 e. The normalized spacial score (nSPS) is 12.0. The van der Waals surface area contributed by atoms with E-state index in [9.17, 15) is 9.59 Å². The third-order valence-electron chi connectivity index (χ3n) is 5.17. The van der Waals surface area contributed by atoms with Crippen LogP contribution in [0.4, 0.5) is 0 Å². The van der Waals surface area contributed by atoms with Gasteiger partial charge in [0.15, 0.2) is 0 Å². The fourth-order valence-corrected chi connectivity index (χ4v) is 3.52. The first-order chi connectivity index (χ1) is 13.7. The van der Waals surface area contributed by atoms with Gasteiger partial charge in [0.05, 0.1) is 31.1 Å². The summed E-state index contributed by atoms with van der Waals surface area (Å²) in [5.74, 6) is 0.383. The molecular formula is C23H23NO5. The second-order valence-electron chi connectivity index (χ2n) is 8.27. The third kappa shape index (κ3) is 3.58. The number of amides is 1. The molecular weight excluding hydrogens is 370 g/mol. The van der Waals surface area contributed by atoms with Gasteiger partial charge in [0, 0.05) is 22.4 Å². The molecule has 0 atom stereocenters. The number of aryl methyl sites for hydroxylation is 1. The Kier molecular flexibility index (Phi) is 4.57. The molecule has 3 aromatic heterocycles. The van der Waals surface area contributed by atoms with Crippen molar-refractivity contribution in [2.24, 2.45) is 0 Å². The molecule has 3 heterocycles. The van der Waals surface area contributed by atoms with Gasteiger partial charge in [-0.05, 0) is 36.1 Å². The standard InChI is InChI=1S/C23H23NO5/c1-13-15-8-17-18(23(2,3)4)12-28-19(17)10-20(15)29-22(26)16(13)9-21(25)24-11-14-6-5-7-27-14/h5-8,10,12H,9,11H2,1-4H3,(H,24,25). The molecule has 0 aliphatic rings. The lowest BCUT2D eigenvalue weighted by Gasteiger charge is -2.16. The van der Waals surface area contributed by atoms with Crippen molar-refractivity contribution in [1.82, 2.24) is 5.32 Å². The molecule has 0 unspecified atom stereocenters. The summed E-state index contributed by atoms with van der Waals surface area (Å²) in [6.07, 6.45) is 3.24. The van der Waals surface area contributed by atoms with Gasteiger partial charge >= 0.3 is 5.63 Å². The van der Waals surface area contributed by atoms with Gasteiger partial charge in [-0.15, -0.1) is 0 Å². The molecule has 6 nitrogen and oxygen atoms in total. The fraction of sp³-hybridized carbons (Fsp3) is 0.304. The van der Waals surface area contributed by atoms with Crippen LogP contribution < -0.4 is 10.9 Å². The summed E-state index contributed by atoms with van der Waals surface area (Å²) in [5, 5.41) is 4.55. The van der Waals surface area contributed by atoms with Crippen LogP contribution in [0.3, 0.4) is 0 Å². The van der Waals surface area contributed by atoms with Gasteiger partial charge in [-0.2, -0.15) is 0 Å². The number of hydrogen-bond donors (Lipinski definition) is 1. The minimum atomic E-state index is -0.509. The zero-order chi connectivity index (χ0) is 20.8. The Morgan fingerprint density at radius 1 is 1.10 bits per heavy atom. The van der Waals surface area contributed by atoms with Crippen molar-refractivity contribution in [2.75, 3.05) is 0 Å². The number of nitrogens with one attached hydrogen (secondary N) is 1. The molecule has 0 aliphatic carbocycles.